The van der Waals surface area contributed by atoms with Crippen LogP contribution in [0.15, 0.2) is 24.3 Å². The Morgan fingerprint density at radius 1 is 1.21 bits per heavy atom. The Hall–Kier alpha value is -0.610. The molecule has 0 heterocycles. The van der Waals surface area contributed by atoms with Gasteiger partial charge < -0.3 is 15.2 Å². The van der Waals surface area contributed by atoms with Crippen LogP contribution in [-0.4, -0.2) is 31.0 Å². The van der Waals surface area contributed by atoms with Crippen LogP contribution in [0, 0.1) is 5.92 Å². The van der Waals surface area contributed by atoms with Gasteiger partial charge in [0.1, 0.15) is 0 Å². The van der Waals surface area contributed by atoms with Crippen LogP contribution in [0.4, 0.5) is 0 Å². The van der Waals surface area contributed by atoms with E-state index >= 15 is 0 Å². The van der Waals surface area contributed by atoms with E-state index in [2.05, 4.69) is 19.2 Å². The molecule has 19 heavy (non-hydrogen) atoms. The van der Waals surface area contributed by atoms with Crippen LogP contribution in [0.25, 0.3) is 0 Å². The molecule has 108 valence electrons. The lowest BCUT2D eigenvalue weighted by Crippen LogP contribution is -2.32. The quantitative estimate of drug-likeness (QED) is 0.771. The number of ether oxygens (including phenoxy) is 1. The maximum absolute atomic E-state index is 9.81. The van der Waals surface area contributed by atoms with E-state index in [1.54, 1.807) is 0 Å². The number of halogens is 1. The summed E-state index contributed by atoms with van der Waals surface area (Å²) in [5, 5.41) is 13.8. The van der Waals surface area contributed by atoms with Crippen molar-refractivity contribution in [2.75, 3.05) is 19.8 Å². The summed E-state index contributed by atoms with van der Waals surface area (Å²) >= 11 is 6.13. The van der Waals surface area contributed by atoms with Gasteiger partial charge in [0.05, 0.1) is 12.7 Å². The molecule has 1 aromatic carbocycles. The second-order valence-electron chi connectivity index (χ2n) is 5.24. The molecule has 0 saturated carbocycles. The molecule has 0 amide bonds. The maximum Gasteiger partial charge on any atom is 0.0897 e. The van der Waals surface area contributed by atoms with Crippen molar-refractivity contribution in [1.82, 2.24) is 5.32 Å². The van der Waals surface area contributed by atoms with Crippen molar-refractivity contribution in [2.24, 2.45) is 5.92 Å². The lowest BCUT2D eigenvalue weighted by atomic mass is 10.1. The fourth-order valence-electron chi connectivity index (χ4n) is 1.75. The molecule has 0 radical (unpaired) electrons. The first-order valence-electron chi connectivity index (χ1n) is 6.74. The van der Waals surface area contributed by atoms with Crippen molar-refractivity contribution in [1.29, 1.82) is 0 Å². The van der Waals surface area contributed by atoms with Crippen LogP contribution in [-0.2, 0) is 4.74 Å². The zero-order valence-electron chi connectivity index (χ0n) is 11.9. The Kier molecular flexibility index (Phi) is 7.39. The summed E-state index contributed by atoms with van der Waals surface area (Å²) in [5.74, 6) is 0.488. The average Bonchev–Trinajstić information content (AvgIpc) is 2.36. The van der Waals surface area contributed by atoms with E-state index in [0.29, 0.717) is 25.7 Å². The largest absolute Gasteiger partial charge is 0.389 e. The van der Waals surface area contributed by atoms with Crippen LogP contribution < -0.4 is 5.32 Å². The Morgan fingerprint density at radius 2 is 1.89 bits per heavy atom. The summed E-state index contributed by atoms with van der Waals surface area (Å²) in [5.41, 5.74) is 1.04. The normalized spacial score (nSPS) is 14.6. The molecule has 0 bridgehead atoms. The zero-order valence-corrected chi connectivity index (χ0v) is 12.7. The van der Waals surface area contributed by atoms with Crippen LogP contribution in [0.1, 0.15) is 32.4 Å². The Morgan fingerprint density at radius 3 is 2.53 bits per heavy atom. The molecule has 0 saturated heterocycles. The van der Waals surface area contributed by atoms with E-state index in [-0.39, 0.29) is 6.04 Å². The predicted molar refractivity (Wildman–Crippen MR) is 79.5 cm³/mol. The highest BCUT2D eigenvalue weighted by Gasteiger charge is 2.11. The molecule has 4 heteroatoms. The Bertz CT molecular complexity index is 371. The summed E-state index contributed by atoms with van der Waals surface area (Å²) in [7, 11) is 0. The molecule has 0 spiro atoms. The predicted octanol–water partition coefficient (Wildman–Crippen LogP) is 3.02. The minimum Gasteiger partial charge on any atom is -0.389 e. The Balaban J connectivity index is 2.30. The van der Waals surface area contributed by atoms with Gasteiger partial charge in [-0.25, -0.2) is 0 Å². The second kappa shape index (κ2) is 8.54. The molecular weight excluding hydrogens is 262 g/mol. The number of hydrogen-bond donors (Lipinski definition) is 2. The van der Waals surface area contributed by atoms with Crippen molar-refractivity contribution in [3.05, 3.63) is 34.9 Å². The lowest BCUT2D eigenvalue weighted by molar-refractivity contribution is 0.0252. The first-order valence-corrected chi connectivity index (χ1v) is 7.12. The number of hydrogen-bond acceptors (Lipinski definition) is 3. The van der Waals surface area contributed by atoms with E-state index in [1.165, 1.54) is 0 Å². The van der Waals surface area contributed by atoms with Gasteiger partial charge in [-0.3, -0.25) is 0 Å². The van der Waals surface area contributed by atoms with Crippen molar-refractivity contribution >= 4 is 11.6 Å². The molecular formula is C15H24ClNO2. The minimum atomic E-state index is -0.497. The van der Waals surface area contributed by atoms with Crippen molar-refractivity contribution in [2.45, 2.75) is 32.9 Å². The fraction of sp³-hybridized carbons (Fsp3) is 0.600. The summed E-state index contributed by atoms with van der Waals surface area (Å²) in [6, 6.07) is 7.83. The molecule has 2 atom stereocenters. The molecule has 0 aromatic heterocycles. The van der Waals surface area contributed by atoms with Crippen molar-refractivity contribution < 1.29 is 9.84 Å². The standard InChI is InChI=1S/C15H24ClNO2/c1-11(2)9-19-10-13(18)8-17-12(3)14-6-4-5-7-15(14)16/h4-7,11-13,17-18H,8-10H2,1-3H3/t12-,13?/m1/s1. The van der Waals surface area contributed by atoms with Gasteiger partial charge in [0.2, 0.25) is 0 Å². The topological polar surface area (TPSA) is 41.5 Å². The third kappa shape index (κ3) is 6.39. The van der Waals surface area contributed by atoms with Gasteiger partial charge in [-0.05, 0) is 24.5 Å². The molecule has 1 aromatic rings. The summed E-state index contributed by atoms with van der Waals surface area (Å²) in [4.78, 5) is 0. The number of aliphatic hydroxyl groups is 1. The number of aliphatic hydroxyl groups excluding tert-OH is 1. The number of benzene rings is 1. The van der Waals surface area contributed by atoms with Gasteiger partial charge in [0, 0.05) is 24.2 Å². The Labute approximate surface area is 120 Å². The van der Waals surface area contributed by atoms with E-state index in [4.69, 9.17) is 16.3 Å². The number of rotatable bonds is 8. The lowest BCUT2D eigenvalue weighted by Gasteiger charge is -2.18. The van der Waals surface area contributed by atoms with E-state index < -0.39 is 6.10 Å². The number of nitrogens with one attached hydrogen (secondary N) is 1. The van der Waals surface area contributed by atoms with Gasteiger partial charge in [0.25, 0.3) is 0 Å². The average molecular weight is 286 g/mol. The molecule has 0 fully saturated rings. The third-order valence-electron chi connectivity index (χ3n) is 2.79. The van der Waals surface area contributed by atoms with Gasteiger partial charge in [-0.15, -0.1) is 0 Å². The van der Waals surface area contributed by atoms with E-state index in [1.807, 2.05) is 31.2 Å². The zero-order chi connectivity index (χ0) is 14.3. The molecule has 3 nitrogen and oxygen atoms in total. The van der Waals surface area contributed by atoms with Crippen LogP contribution in [0.2, 0.25) is 5.02 Å². The molecule has 0 aliphatic carbocycles. The maximum atomic E-state index is 9.81. The van der Waals surface area contributed by atoms with Gasteiger partial charge in [-0.1, -0.05) is 43.6 Å². The highest BCUT2D eigenvalue weighted by Crippen LogP contribution is 2.21. The van der Waals surface area contributed by atoms with Gasteiger partial charge >= 0.3 is 0 Å². The van der Waals surface area contributed by atoms with Gasteiger partial charge in [0.15, 0.2) is 0 Å². The minimum absolute atomic E-state index is 0.105. The second-order valence-corrected chi connectivity index (χ2v) is 5.64. The fourth-order valence-corrected chi connectivity index (χ4v) is 2.05. The first kappa shape index (κ1) is 16.4. The monoisotopic (exact) mass is 285 g/mol. The van der Waals surface area contributed by atoms with E-state index in [0.717, 1.165) is 10.6 Å². The van der Waals surface area contributed by atoms with Crippen LogP contribution >= 0.6 is 11.6 Å². The smallest absolute Gasteiger partial charge is 0.0897 e. The first-order chi connectivity index (χ1) is 9.00. The van der Waals surface area contributed by atoms with Crippen molar-refractivity contribution in [3.63, 3.8) is 0 Å². The summed E-state index contributed by atoms with van der Waals surface area (Å²) in [6.45, 7) is 7.74. The molecule has 0 aliphatic heterocycles. The highest BCUT2D eigenvalue weighted by atomic mass is 35.5. The summed E-state index contributed by atoms with van der Waals surface area (Å²) in [6.07, 6.45) is -0.497. The van der Waals surface area contributed by atoms with Crippen LogP contribution in [0.3, 0.4) is 0 Å². The third-order valence-corrected chi connectivity index (χ3v) is 3.14. The van der Waals surface area contributed by atoms with Gasteiger partial charge in [-0.2, -0.15) is 0 Å². The molecule has 0 aliphatic rings. The van der Waals surface area contributed by atoms with Crippen molar-refractivity contribution in [3.8, 4) is 0 Å². The molecule has 2 N–H and O–H groups in total. The summed E-state index contributed by atoms with van der Waals surface area (Å²) < 4.78 is 5.40. The van der Waals surface area contributed by atoms with E-state index in [9.17, 15) is 5.11 Å². The van der Waals surface area contributed by atoms with Crippen LogP contribution in [0.5, 0.6) is 0 Å². The molecule has 1 unspecified atom stereocenters. The highest BCUT2D eigenvalue weighted by molar-refractivity contribution is 6.31. The molecule has 1 rings (SSSR count). The SMILES string of the molecule is CC(C)COCC(O)CN[C@H](C)c1ccccc1Cl.